The molecule has 0 unspecified atom stereocenters. The van der Waals surface area contributed by atoms with Crippen molar-refractivity contribution in [3.8, 4) is 0 Å². The quantitative estimate of drug-likeness (QED) is 0.899. The molecule has 1 aliphatic heterocycles. The van der Waals surface area contributed by atoms with E-state index in [0.29, 0.717) is 12.2 Å². The highest BCUT2D eigenvalue weighted by Crippen LogP contribution is 2.15. The normalized spacial score (nSPS) is 16.5. The summed E-state index contributed by atoms with van der Waals surface area (Å²) in [5, 5.41) is 2.74. The van der Waals surface area contributed by atoms with Crippen molar-refractivity contribution in [3.63, 3.8) is 0 Å². The monoisotopic (exact) mass is 282 g/mol. The number of carbonyl (C=O) groups is 1. The van der Waals surface area contributed by atoms with Crippen molar-refractivity contribution in [1.29, 1.82) is 0 Å². The molecule has 5 nitrogen and oxygen atoms in total. The van der Waals surface area contributed by atoms with E-state index in [1.165, 1.54) is 12.1 Å². The van der Waals surface area contributed by atoms with Crippen LogP contribution in [0.2, 0.25) is 0 Å². The van der Waals surface area contributed by atoms with Gasteiger partial charge >= 0.3 is 0 Å². The number of nitrogens with one attached hydrogen (secondary N) is 1. The highest BCUT2D eigenvalue weighted by molar-refractivity contribution is 7.90. The van der Waals surface area contributed by atoms with Gasteiger partial charge in [0.05, 0.1) is 11.4 Å². The molecule has 0 radical (unpaired) electrons. The van der Waals surface area contributed by atoms with Crippen LogP contribution in [0.25, 0.3) is 0 Å². The van der Waals surface area contributed by atoms with Crippen LogP contribution >= 0.6 is 0 Å². The number of sulfone groups is 1. The highest BCUT2D eigenvalue weighted by atomic mass is 32.2. The summed E-state index contributed by atoms with van der Waals surface area (Å²) in [5.41, 5.74) is 0.520. The van der Waals surface area contributed by atoms with E-state index < -0.39 is 9.84 Å². The molecule has 0 spiro atoms. The third-order valence-corrected chi connectivity index (χ3v) is 4.22. The average Bonchev–Trinajstić information content (AvgIpc) is 2.80. The predicted molar refractivity (Wildman–Crippen MR) is 73.9 cm³/mol. The number of rotatable bonds is 4. The first kappa shape index (κ1) is 14.0. The first-order valence-corrected chi connectivity index (χ1v) is 8.16. The largest absolute Gasteiger partial charge is 0.325 e. The Morgan fingerprint density at radius 2 is 2.00 bits per heavy atom. The highest BCUT2D eigenvalue weighted by Gasteiger charge is 2.15. The zero-order chi connectivity index (χ0) is 13.9. The summed E-state index contributed by atoms with van der Waals surface area (Å²) in [7, 11) is -3.25. The predicted octanol–water partition coefficient (Wildman–Crippen LogP) is 1.12. The van der Waals surface area contributed by atoms with E-state index in [4.69, 9.17) is 0 Å². The van der Waals surface area contributed by atoms with E-state index in [1.54, 1.807) is 12.1 Å². The van der Waals surface area contributed by atoms with Gasteiger partial charge in [-0.1, -0.05) is 6.07 Å². The maximum atomic E-state index is 11.8. The SMILES string of the molecule is CS(=O)(=O)c1cccc(NC(=O)CN2CCCC2)c1. The van der Waals surface area contributed by atoms with Crippen molar-refractivity contribution >= 4 is 21.4 Å². The summed E-state index contributed by atoms with van der Waals surface area (Å²) < 4.78 is 22.9. The zero-order valence-electron chi connectivity index (χ0n) is 10.9. The molecular formula is C13H18N2O3S. The molecule has 1 fully saturated rings. The van der Waals surface area contributed by atoms with Crippen molar-refractivity contribution in [3.05, 3.63) is 24.3 Å². The fraction of sp³-hybridized carbons (Fsp3) is 0.462. The first-order chi connectivity index (χ1) is 8.95. The lowest BCUT2D eigenvalue weighted by atomic mass is 10.3. The molecule has 0 aliphatic carbocycles. The Labute approximate surface area is 113 Å². The van der Waals surface area contributed by atoms with Crippen LogP contribution in [0.1, 0.15) is 12.8 Å². The van der Waals surface area contributed by atoms with Crippen molar-refractivity contribution < 1.29 is 13.2 Å². The smallest absolute Gasteiger partial charge is 0.238 e. The fourth-order valence-corrected chi connectivity index (χ4v) is 2.82. The minimum Gasteiger partial charge on any atom is -0.325 e. The summed E-state index contributed by atoms with van der Waals surface area (Å²) in [6, 6.07) is 6.32. The van der Waals surface area contributed by atoms with E-state index in [2.05, 4.69) is 10.2 Å². The number of carbonyl (C=O) groups excluding carboxylic acids is 1. The molecule has 6 heteroatoms. The van der Waals surface area contributed by atoms with E-state index in [9.17, 15) is 13.2 Å². The lowest BCUT2D eigenvalue weighted by Gasteiger charge is -2.14. The van der Waals surface area contributed by atoms with Gasteiger partial charge in [0, 0.05) is 11.9 Å². The summed E-state index contributed by atoms with van der Waals surface area (Å²) in [4.78, 5) is 14.1. The molecule has 0 saturated carbocycles. The Kier molecular flexibility index (Phi) is 4.21. The van der Waals surface area contributed by atoms with Crippen molar-refractivity contribution in [2.45, 2.75) is 17.7 Å². The van der Waals surface area contributed by atoms with Crippen LogP contribution in [0, 0.1) is 0 Å². The number of hydrogen-bond acceptors (Lipinski definition) is 4. The molecule has 1 aliphatic rings. The lowest BCUT2D eigenvalue weighted by Crippen LogP contribution is -2.30. The van der Waals surface area contributed by atoms with Crippen molar-refractivity contribution in [2.75, 3.05) is 31.2 Å². The summed E-state index contributed by atoms with van der Waals surface area (Å²) >= 11 is 0. The maximum Gasteiger partial charge on any atom is 0.238 e. The minimum absolute atomic E-state index is 0.104. The minimum atomic E-state index is -3.25. The molecule has 1 saturated heterocycles. The van der Waals surface area contributed by atoms with Gasteiger partial charge in [0.25, 0.3) is 0 Å². The zero-order valence-corrected chi connectivity index (χ0v) is 11.7. The average molecular weight is 282 g/mol. The van der Waals surface area contributed by atoms with E-state index in [0.717, 1.165) is 32.2 Å². The maximum absolute atomic E-state index is 11.8. The molecule has 1 amide bonds. The second kappa shape index (κ2) is 5.71. The molecular weight excluding hydrogens is 264 g/mol. The summed E-state index contributed by atoms with van der Waals surface area (Å²) in [6.07, 6.45) is 3.42. The van der Waals surface area contributed by atoms with Crippen LogP contribution in [0.4, 0.5) is 5.69 Å². The van der Waals surface area contributed by atoms with Gasteiger partial charge in [-0.15, -0.1) is 0 Å². The molecule has 19 heavy (non-hydrogen) atoms. The lowest BCUT2D eigenvalue weighted by molar-refractivity contribution is -0.117. The second-order valence-corrected chi connectivity index (χ2v) is 6.85. The number of hydrogen-bond donors (Lipinski definition) is 1. The van der Waals surface area contributed by atoms with E-state index >= 15 is 0 Å². The van der Waals surface area contributed by atoms with Crippen LogP contribution in [0.5, 0.6) is 0 Å². The molecule has 1 aromatic carbocycles. The third kappa shape index (κ3) is 4.04. The second-order valence-electron chi connectivity index (χ2n) is 4.83. The number of nitrogens with zero attached hydrogens (tertiary/aromatic N) is 1. The fourth-order valence-electron chi connectivity index (χ4n) is 2.15. The topological polar surface area (TPSA) is 66.5 Å². The number of anilines is 1. The van der Waals surface area contributed by atoms with Crippen LogP contribution in [0.3, 0.4) is 0 Å². The Bertz CT molecular complexity index is 563. The first-order valence-electron chi connectivity index (χ1n) is 6.27. The number of amides is 1. The van der Waals surface area contributed by atoms with Gasteiger partial charge in [0.2, 0.25) is 5.91 Å². The van der Waals surface area contributed by atoms with Crippen molar-refractivity contribution in [2.24, 2.45) is 0 Å². The van der Waals surface area contributed by atoms with Crippen LogP contribution in [-0.4, -0.2) is 45.1 Å². The van der Waals surface area contributed by atoms with Gasteiger partial charge in [0.1, 0.15) is 0 Å². The molecule has 1 aromatic rings. The molecule has 1 N–H and O–H groups in total. The Hall–Kier alpha value is -1.40. The van der Waals surface area contributed by atoms with Gasteiger partial charge in [-0.25, -0.2) is 8.42 Å². The Morgan fingerprint density at radius 1 is 1.32 bits per heavy atom. The van der Waals surface area contributed by atoms with Crippen LogP contribution in [-0.2, 0) is 14.6 Å². The number of benzene rings is 1. The van der Waals surface area contributed by atoms with Gasteiger partial charge in [0.15, 0.2) is 9.84 Å². The molecule has 1 heterocycles. The van der Waals surface area contributed by atoms with E-state index in [1.807, 2.05) is 0 Å². The molecule has 0 atom stereocenters. The van der Waals surface area contributed by atoms with E-state index in [-0.39, 0.29) is 10.8 Å². The summed E-state index contributed by atoms with van der Waals surface area (Å²) in [6.45, 7) is 2.27. The standard InChI is InChI=1S/C13H18N2O3S/c1-19(17,18)12-6-4-5-11(9-12)14-13(16)10-15-7-2-3-8-15/h4-6,9H,2-3,7-8,10H2,1H3,(H,14,16). The molecule has 0 bridgehead atoms. The van der Waals surface area contributed by atoms with Gasteiger partial charge in [-0.05, 0) is 44.1 Å². The van der Waals surface area contributed by atoms with Gasteiger partial charge in [-0.2, -0.15) is 0 Å². The summed E-state index contributed by atoms with van der Waals surface area (Å²) in [5.74, 6) is -0.104. The number of likely N-dealkylation sites (tertiary alicyclic amines) is 1. The third-order valence-electron chi connectivity index (χ3n) is 3.11. The van der Waals surface area contributed by atoms with Gasteiger partial charge in [-0.3, -0.25) is 9.69 Å². The Morgan fingerprint density at radius 3 is 2.63 bits per heavy atom. The van der Waals surface area contributed by atoms with Crippen LogP contribution < -0.4 is 5.32 Å². The van der Waals surface area contributed by atoms with Crippen molar-refractivity contribution in [1.82, 2.24) is 4.90 Å². The Balaban J connectivity index is 2.00. The van der Waals surface area contributed by atoms with Gasteiger partial charge < -0.3 is 5.32 Å². The molecule has 0 aromatic heterocycles. The molecule has 104 valence electrons. The van der Waals surface area contributed by atoms with Crippen LogP contribution in [0.15, 0.2) is 29.2 Å². The molecule has 2 rings (SSSR count).